The second-order valence-corrected chi connectivity index (χ2v) is 7.86. The Hall–Kier alpha value is -2.89. The molecular formula is C22H26N2O4. The topological polar surface area (TPSA) is 95.5 Å². The predicted molar refractivity (Wildman–Crippen MR) is 107 cm³/mol. The number of hydrogen-bond acceptors (Lipinski definition) is 3. The summed E-state index contributed by atoms with van der Waals surface area (Å²) in [4.78, 5) is 35.9. The molecule has 2 aromatic rings. The number of carbonyl (C=O) groups is 3. The highest BCUT2D eigenvalue weighted by Crippen LogP contribution is 2.27. The van der Waals surface area contributed by atoms with E-state index < -0.39 is 12.0 Å². The molecule has 0 heterocycles. The third kappa shape index (κ3) is 4.68. The van der Waals surface area contributed by atoms with Gasteiger partial charge in [-0.2, -0.15) is 0 Å². The molecule has 6 heteroatoms. The van der Waals surface area contributed by atoms with E-state index in [0.717, 1.165) is 16.3 Å². The summed E-state index contributed by atoms with van der Waals surface area (Å²) in [5.74, 6) is -1.74. The fourth-order valence-electron chi connectivity index (χ4n) is 3.52. The van der Waals surface area contributed by atoms with Gasteiger partial charge in [-0.25, -0.2) is 0 Å². The number of carbonyl (C=O) groups excluding carboxylic acids is 2. The molecule has 0 bridgehead atoms. The van der Waals surface area contributed by atoms with Crippen LogP contribution in [0.15, 0.2) is 42.5 Å². The number of benzene rings is 2. The van der Waals surface area contributed by atoms with E-state index in [0.29, 0.717) is 12.8 Å². The molecule has 0 saturated heterocycles. The molecule has 1 aliphatic rings. The second kappa shape index (κ2) is 8.42. The van der Waals surface area contributed by atoms with E-state index in [1.807, 2.05) is 56.3 Å². The van der Waals surface area contributed by atoms with Crippen LogP contribution in [0.25, 0.3) is 10.8 Å². The molecule has 2 amide bonds. The molecule has 1 atom stereocenters. The van der Waals surface area contributed by atoms with Crippen LogP contribution in [0, 0.1) is 11.8 Å². The minimum Gasteiger partial charge on any atom is -0.481 e. The Morgan fingerprint density at radius 1 is 1.07 bits per heavy atom. The summed E-state index contributed by atoms with van der Waals surface area (Å²) in [6, 6.07) is 13.1. The van der Waals surface area contributed by atoms with Gasteiger partial charge in [0.15, 0.2) is 0 Å². The summed E-state index contributed by atoms with van der Waals surface area (Å²) < 4.78 is 0. The fraction of sp³-hybridized carbons (Fsp3) is 0.409. The lowest BCUT2D eigenvalue weighted by Crippen LogP contribution is -2.55. The number of amides is 2. The van der Waals surface area contributed by atoms with Crippen LogP contribution in [0.2, 0.25) is 0 Å². The number of hydrogen-bond donors (Lipinski definition) is 3. The lowest BCUT2D eigenvalue weighted by molar-refractivity contribution is -0.146. The average molecular weight is 382 g/mol. The van der Waals surface area contributed by atoms with Crippen LogP contribution in [-0.4, -0.2) is 35.0 Å². The summed E-state index contributed by atoms with van der Waals surface area (Å²) in [6.45, 7) is 3.75. The Balaban J connectivity index is 1.57. The molecule has 0 spiro atoms. The number of carboxylic acid groups (broad SMARTS) is 1. The number of nitrogens with one attached hydrogen (secondary N) is 2. The van der Waals surface area contributed by atoms with Crippen molar-refractivity contribution in [3.8, 4) is 0 Å². The maximum Gasteiger partial charge on any atom is 0.306 e. The van der Waals surface area contributed by atoms with Gasteiger partial charge in [0.25, 0.3) is 0 Å². The molecule has 1 saturated carbocycles. The van der Waals surface area contributed by atoms with Crippen LogP contribution in [0.1, 0.15) is 32.3 Å². The zero-order valence-electron chi connectivity index (χ0n) is 16.1. The molecule has 1 aliphatic carbocycles. The van der Waals surface area contributed by atoms with Crippen LogP contribution < -0.4 is 10.6 Å². The summed E-state index contributed by atoms with van der Waals surface area (Å²) in [6.07, 6.45) is 1.08. The first-order valence-corrected chi connectivity index (χ1v) is 9.63. The van der Waals surface area contributed by atoms with Gasteiger partial charge in [0.2, 0.25) is 11.8 Å². The number of aliphatic carboxylic acids is 1. The van der Waals surface area contributed by atoms with Crippen LogP contribution in [0.4, 0.5) is 0 Å². The first kappa shape index (κ1) is 19.9. The zero-order chi connectivity index (χ0) is 20.3. The Morgan fingerprint density at radius 3 is 2.39 bits per heavy atom. The Bertz CT molecular complexity index is 887. The molecule has 28 heavy (non-hydrogen) atoms. The Morgan fingerprint density at radius 2 is 1.75 bits per heavy atom. The number of fused-ring (bicyclic) bond motifs is 1. The maximum atomic E-state index is 12.6. The van der Waals surface area contributed by atoms with E-state index in [9.17, 15) is 14.4 Å². The highest BCUT2D eigenvalue weighted by atomic mass is 16.4. The van der Waals surface area contributed by atoms with Gasteiger partial charge in [0.05, 0.1) is 12.3 Å². The lowest BCUT2D eigenvalue weighted by Gasteiger charge is -2.34. The average Bonchev–Trinajstić information content (AvgIpc) is 2.61. The summed E-state index contributed by atoms with van der Waals surface area (Å²) in [5.41, 5.74) is 0.891. The molecule has 148 valence electrons. The molecule has 3 N–H and O–H groups in total. The van der Waals surface area contributed by atoms with Gasteiger partial charge >= 0.3 is 5.97 Å². The SMILES string of the molecule is CC(C)C(NC(=O)Cc1ccc2ccccc2c1)C(=O)NC1CC(C(=O)O)C1. The molecule has 1 fully saturated rings. The fourth-order valence-corrected chi connectivity index (χ4v) is 3.52. The Kier molecular flexibility index (Phi) is 5.97. The molecule has 0 radical (unpaired) electrons. The van der Waals surface area contributed by atoms with Crippen molar-refractivity contribution in [1.82, 2.24) is 10.6 Å². The highest BCUT2D eigenvalue weighted by Gasteiger charge is 2.37. The van der Waals surface area contributed by atoms with Gasteiger partial charge in [-0.1, -0.05) is 56.3 Å². The van der Waals surface area contributed by atoms with Crippen LogP contribution >= 0.6 is 0 Å². The summed E-state index contributed by atoms with van der Waals surface area (Å²) in [5, 5.41) is 16.8. The van der Waals surface area contributed by atoms with E-state index in [1.165, 1.54) is 0 Å². The standard InChI is InChI=1S/C22H26N2O4/c1-13(2)20(21(26)23-18-11-17(12-18)22(27)28)24-19(25)10-14-7-8-15-5-3-4-6-16(15)9-14/h3-9,13,17-18,20H,10-12H2,1-2H3,(H,23,26)(H,24,25)(H,27,28). The van der Waals surface area contributed by atoms with Crippen molar-refractivity contribution in [2.75, 3.05) is 0 Å². The van der Waals surface area contributed by atoms with E-state index in [1.54, 1.807) is 0 Å². The third-order valence-corrected chi connectivity index (χ3v) is 5.28. The highest BCUT2D eigenvalue weighted by molar-refractivity contribution is 5.90. The van der Waals surface area contributed by atoms with Crippen molar-refractivity contribution < 1.29 is 19.5 Å². The molecule has 0 aromatic heterocycles. The summed E-state index contributed by atoms with van der Waals surface area (Å²) in [7, 11) is 0. The van der Waals surface area contributed by atoms with Gasteiger partial charge in [0.1, 0.15) is 6.04 Å². The minimum absolute atomic E-state index is 0.0732. The molecular weight excluding hydrogens is 356 g/mol. The monoisotopic (exact) mass is 382 g/mol. The van der Waals surface area contributed by atoms with Crippen molar-refractivity contribution >= 4 is 28.6 Å². The first-order chi connectivity index (χ1) is 13.3. The van der Waals surface area contributed by atoms with Crippen LogP contribution in [0.3, 0.4) is 0 Å². The molecule has 2 aromatic carbocycles. The summed E-state index contributed by atoms with van der Waals surface area (Å²) >= 11 is 0. The smallest absolute Gasteiger partial charge is 0.306 e. The van der Waals surface area contributed by atoms with E-state index in [-0.39, 0.29) is 36.1 Å². The van der Waals surface area contributed by atoms with E-state index in [4.69, 9.17) is 5.11 Å². The van der Waals surface area contributed by atoms with E-state index in [2.05, 4.69) is 10.6 Å². The zero-order valence-corrected chi connectivity index (χ0v) is 16.1. The van der Waals surface area contributed by atoms with Crippen molar-refractivity contribution in [2.24, 2.45) is 11.8 Å². The molecule has 0 aliphatic heterocycles. The van der Waals surface area contributed by atoms with Gasteiger partial charge in [0, 0.05) is 6.04 Å². The lowest BCUT2D eigenvalue weighted by atomic mass is 9.80. The minimum atomic E-state index is -0.824. The van der Waals surface area contributed by atoms with Crippen molar-refractivity contribution in [3.63, 3.8) is 0 Å². The van der Waals surface area contributed by atoms with Crippen LogP contribution in [-0.2, 0) is 20.8 Å². The van der Waals surface area contributed by atoms with Crippen molar-refractivity contribution in [2.45, 2.75) is 45.2 Å². The van der Waals surface area contributed by atoms with Gasteiger partial charge in [-0.3, -0.25) is 14.4 Å². The number of carboxylic acids is 1. The number of rotatable bonds is 7. The van der Waals surface area contributed by atoms with Crippen LogP contribution in [0.5, 0.6) is 0 Å². The molecule has 3 rings (SSSR count). The molecule has 1 unspecified atom stereocenters. The quantitative estimate of drug-likeness (QED) is 0.686. The van der Waals surface area contributed by atoms with Crippen molar-refractivity contribution in [3.05, 3.63) is 48.0 Å². The third-order valence-electron chi connectivity index (χ3n) is 5.28. The van der Waals surface area contributed by atoms with Gasteiger partial charge < -0.3 is 15.7 Å². The largest absolute Gasteiger partial charge is 0.481 e. The second-order valence-electron chi connectivity index (χ2n) is 7.86. The van der Waals surface area contributed by atoms with Crippen molar-refractivity contribution in [1.29, 1.82) is 0 Å². The van der Waals surface area contributed by atoms with Gasteiger partial charge in [-0.15, -0.1) is 0 Å². The molecule has 6 nitrogen and oxygen atoms in total. The maximum absolute atomic E-state index is 12.6. The Labute approximate surface area is 164 Å². The van der Waals surface area contributed by atoms with E-state index >= 15 is 0 Å². The predicted octanol–water partition coefficient (Wildman–Crippen LogP) is 2.50. The first-order valence-electron chi connectivity index (χ1n) is 9.63. The normalized spacial score (nSPS) is 19.7. The van der Waals surface area contributed by atoms with Gasteiger partial charge in [-0.05, 0) is 35.1 Å².